The van der Waals surface area contributed by atoms with Crippen molar-refractivity contribution in [1.29, 1.82) is 0 Å². The van der Waals surface area contributed by atoms with E-state index in [-0.39, 0.29) is 0 Å². The van der Waals surface area contributed by atoms with Gasteiger partial charge in [-0.1, -0.05) is 60.7 Å². The van der Waals surface area contributed by atoms with Crippen LogP contribution in [0.15, 0.2) is 72.9 Å². The summed E-state index contributed by atoms with van der Waals surface area (Å²) in [4.78, 5) is 4.58. The number of aromatic nitrogens is 1. The number of hydrogen-bond acceptors (Lipinski definition) is 1. The van der Waals surface area contributed by atoms with Gasteiger partial charge in [-0.05, 0) is 48.9 Å². The molecule has 0 radical (unpaired) electrons. The highest BCUT2D eigenvalue weighted by Crippen LogP contribution is 2.25. The van der Waals surface area contributed by atoms with Crippen LogP contribution in [-0.2, 0) is 12.8 Å². The Morgan fingerprint density at radius 3 is 2.36 bits per heavy atom. The smallest absolute Gasteiger partial charge is 0.0733 e. The van der Waals surface area contributed by atoms with Gasteiger partial charge in [-0.15, -0.1) is 0 Å². The predicted molar refractivity (Wildman–Crippen MR) is 92.9 cm³/mol. The first-order valence-electron chi connectivity index (χ1n) is 7.88. The first-order chi connectivity index (χ1) is 10.8. The lowest BCUT2D eigenvalue weighted by Gasteiger charge is -2.11. The van der Waals surface area contributed by atoms with Crippen LogP contribution in [0, 0.1) is 6.92 Å². The Morgan fingerprint density at radius 1 is 0.773 bits per heavy atom. The van der Waals surface area contributed by atoms with E-state index in [0.29, 0.717) is 0 Å². The van der Waals surface area contributed by atoms with Crippen LogP contribution >= 0.6 is 0 Å². The van der Waals surface area contributed by atoms with Crippen molar-refractivity contribution >= 4 is 0 Å². The molecule has 0 saturated heterocycles. The molecule has 0 aliphatic rings. The Kier molecular flexibility index (Phi) is 4.65. The van der Waals surface area contributed by atoms with E-state index in [2.05, 4.69) is 72.6 Å². The average molecular weight is 287 g/mol. The minimum absolute atomic E-state index is 1.08. The van der Waals surface area contributed by atoms with Crippen molar-refractivity contribution in [3.05, 3.63) is 89.6 Å². The maximum Gasteiger partial charge on any atom is 0.0733 e. The zero-order chi connectivity index (χ0) is 15.2. The van der Waals surface area contributed by atoms with Crippen LogP contribution in [-0.4, -0.2) is 4.98 Å². The number of rotatable bonds is 5. The lowest BCUT2D eigenvalue weighted by molar-refractivity contribution is 0.821. The fourth-order valence-corrected chi connectivity index (χ4v) is 2.86. The molecular weight excluding hydrogens is 266 g/mol. The van der Waals surface area contributed by atoms with Gasteiger partial charge in [0.25, 0.3) is 0 Å². The van der Waals surface area contributed by atoms with Crippen LogP contribution in [0.3, 0.4) is 0 Å². The van der Waals surface area contributed by atoms with Crippen molar-refractivity contribution in [1.82, 2.24) is 4.98 Å². The summed E-state index contributed by atoms with van der Waals surface area (Å²) in [5.74, 6) is 0. The largest absolute Gasteiger partial charge is 0.256 e. The number of pyridine rings is 1. The van der Waals surface area contributed by atoms with E-state index in [1.165, 1.54) is 22.3 Å². The third-order valence-electron chi connectivity index (χ3n) is 4.04. The van der Waals surface area contributed by atoms with Crippen molar-refractivity contribution < 1.29 is 0 Å². The molecule has 22 heavy (non-hydrogen) atoms. The Labute approximate surface area is 132 Å². The fourth-order valence-electron chi connectivity index (χ4n) is 2.86. The maximum absolute atomic E-state index is 4.58. The standard InChI is InChI=1S/C21H21N/c1-17-9-8-16-22-21(17)20-15-6-5-13-19(20)14-7-12-18-10-3-2-4-11-18/h2-6,8-11,13,15-16H,7,12,14H2,1H3. The van der Waals surface area contributed by atoms with Gasteiger partial charge in [0.2, 0.25) is 0 Å². The third kappa shape index (κ3) is 3.43. The molecule has 3 rings (SSSR count). The van der Waals surface area contributed by atoms with Crippen LogP contribution in [0.1, 0.15) is 23.1 Å². The molecule has 1 heterocycles. The van der Waals surface area contributed by atoms with E-state index in [0.717, 1.165) is 25.0 Å². The van der Waals surface area contributed by atoms with Gasteiger partial charge in [0.1, 0.15) is 0 Å². The zero-order valence-corrected chi connectivity index (χ0v) is 13.0. The van der Waals surface area contributed by atoms with Crippen LogP contribution in [0.4, 0.5) is 0 Å². The van der Waals surface area contributed by atoms with E-state index in [1.54, 1.807) is 0 Å². The molecule has 0 saturated carbocycles. The van der Waals surface area contributed by atoms with E-state index in [9.17, 15) is 0 Å². The van der Waals surface area contributed by atoms with Gasteiger partial charge in [-0.2, -0.15) is 0 Å². The summed E-state index contributed by atoms with van der Waals surface area (Å²) >= 11 is 0. The number of benzene rings is 2. The topological polar surface area (TPSA) is 12.9 Å². The minimum atomic E-state index is 1.08. The van der Waals surface area contributed by atoms with Crippen molar-refractivity contribution in [2.45, 2.75) is 26.2 Å². The predicted octanol–water partition coefficient (Wildman–Crippen LogP) is 5.23. The van der Waals surface area contributed by atoms with Gasteiger partial charge >= 0.3 is 0 Å². The number of hydrogen-bond donors (Lipinski definition) is 0. The Balaban J connectivity index is 1.76. The summed E-state index contributed by atoms with van der Waals surface area (Å²) in [6.45, 7) is 2.13. The summed E-state index contributed by atoms with van der Waals surface area (Å²) in [7, 11) is 0. The van der Waals surface area contributed by atoms with Gasteiger partial charge in [0.05, 0.1) is 5.69 Å². The molecule has 110 valence electrons. The molecule has 0 unspecified atom stereocenters. The second kappa shape index (κ2) is 7.04. The van der Waals surface area contributed by atoms with Crippen LogP contribution < -0.4 is 0 Å². The van der Waals surface area contributed by atoms with Crippen LogP contribution in [0.5, 0.6) is 0 Å². The van der Waals surface area contributed by atoms with E-state index < -0.39 is 0 Å². The quantitative estimate of drug-likeness (QED) is 0.626. The van der Waals surface area contributed by atoms with Crippen molar-refractivity contribution in [3.63, 3.8) is 0 Å². The monoisotopic (exact) mass is 287 g/mol. The molecule has 0 aliphatic carbocycles. The second-order valence-electron chi connectivity index (χ2n) is 5.67. The number of nitrogens with zero attached hydrogens (tertiary/aromatic N) is 1. The Hall–Kier alpha value is -2.41. The molecule has 2 aromatic carbocycles. The van der Waals surface area contributed by atoms with Gasteiger partial charge in [-0.3, -0.25) is 4.98 Å². The molecule has 1 heteroatoms. The van der Waals surface area contributed by atoms with Gasteiger partial charge in [-0.25, -0.2) is 0 Å². The van der Waals surface area contributed by atoms with Crippen molar-refractivity contribution in [3.8, 4) is 11.3 Å². The molecule has 1 nitrogen and oxygen atoms in total. The molecule has 0 fully saturated rings. The lowest BCUT2D eigenvalue weighted by Crippen LogP contribution is -1.95. The van der Waals surface area contributed by atoms with E-state index in [4.69, 9.17) is 0 Å². The summed E-state index contributed by atoms with van der Waals surface area (Å²) in [6.07, 6.45) is 5.24. The Bertz CT molecular complexity index is 732. The molecule has 1 aromatic heterocycles. The molecule has 0 amide bonds. The van der Waals surface area contributed by atoms with E-state index >= 15 is 0 Å². The fraction of sp³-hybridized carbons (Fsp3) is 0.190. The third-order valence-corrected chi connectivity index (χ3v) is 4.04. The maximum atomic E-state index is 4.58. The Morgan fingerprint density at radius 2 is 1.55 bits per heavy atom. The van der Waals surface area contributed by atoms with Crippen LogP contribution in [0.2, 0.25) is 0 Å². The van der Waals surface area contributed by atoms with Crippen LogP contribution in [0.25, 0.3) is 11.3 Å². The van der Waals surface area contributed by atoms with Gasteiger partial charge in [0, 0.05) is 11.8 Å². The molecule has 0 bridgehead atoms. The normalized spacial score (nSPS) is 10.6. The van der Waals surface area contributed by atoms with Gasteiger partial charge < -0.3 is 0 Å². The van der Waals surface area contributed by atoms with Crippen molar-refractivity contribution in [2.75, 3.05) is 0 Å². The number of aryl methyl sites for hydroxylation is 3. The van der Waals surface area contributed by atoms with Gasteiger partial charge in [0.15, 0.2) is 0 Å². The molecule has 0 spiro atoms. The first-order valence-corrected chi connectivity index (χ1v) is 7.88. The molecule has 0 N–H and O–H groups in total. The first kappa shape index (κ1) is 14.5. The molecule has 3 aromatic rings. The molecule has 0 atom stereocenters. The highest BCUT2D eigenvalue weighted by atomic mass is 14.7. The highest BCUT2D eigenvalue weighted by molar-refractivity contribution is 5.66. The molecule has 0 aliphatic heterocycles. The van der Waals surface area contributed by atoms with Crippen molar-refractivity contribution in [2.24, 2.45) is 0 Å². The highest BCUT2D eigenvalue weighted by Gasteiger charge is 2.08. The molecular formula is C21H21N. The lowest BCUT2D eigenvalue weighted by atomic mass is 9.96. The van der Waals surface area contributed by atoms with E-state index in [1.807, 2.05) is 12.3 Å². The zero-order valence-electron chi connectivity index (χ0n) is 13.0. The SMILES string of the molecule is Cc1cccnc1-c1ccccc1CCCc1ccccc1. The average Bonchev–Trinajstić information content (AvgIpc) is 2.57. The summed E-state index contributed by atoms with van der Waals surface area (Å²) in [5.41, 5.74) is 6.42. The second-order valence-corrected chi connectivity index (χ2v) is 5.67. The minimum Gasteiger partial charge on any atom is -0.256 e. The summed E-state index contributed by atoms with van der Waals surface area (Å²) in [5, 5.41) is 0. The summed E-state index contributed by atoms with van der Waals surface area (Å²) < 4.78 is 0. The summed E-state index contributed by atoms with van der Waals surface area (Å²) in [6, 6.07) is 23.5.